The zero-order chi connectivity index (χ0) is 15.6. The highest BCUT2D eigenvalue weighted by atomic mass is 14.3. The first-order chi connectivity index (χ1) is 10.8. The molecule has 0 saturated heterocycles. The van der Waals surface area contributed by atoms with Crippen LogP contribution in [0.1, 0.15) is 77.0 Å². The Morgan fingerprint density at radius 1 is 0.682 bits per heavy atom. The molecule has 0 radical (unpaired) electrons. The van der Waals surface area contributed by atoms with E-state index in [2.05, 4.69) is 37.5 Å². The first kappa shape index (κ1) is 17.6. The molecule has 0 aromatic rings. The average Bonchev–Trinajstić information content (AvgIpc) is 2.58. The van der Waals surface area contributed by atoms with Gasteiger partial charge >= 0.3 is 0 Å². The second-order valence-electron chi connectivity index (χ2n) is 7.67. The topological polar surface area (TPSA) is 0 Å². The van der Waals surface area contributed by atoms with E-state index in [9.17, 15) is 0 Å². The van der Waals surface area contributed by atoms with Gasteiger partial charge in [0, 0.05) is 0 Å². The molecule has 0 bridgehead atoms. The summed E-state index contributed by atoms with van der Waals surface area (Å²) in [6.07, 6.45) is 25.9. The second kappa shape index (κ2) is 10.1. The third kappa shape index (κ3) is 6.15. The maximum atomic E-state index is 3.94. The van der Waals surface area contributed by atoms with Crippen LogP contribution < -0.4 is 0 Å². The Morgan fingerprint density at radius 3 is 1.77 bits per heavy atom. The molecule has 0 nitrogen and oxygen atoms in total. The zero-order valence-corrected chi connectivity index (χ0v) is 14.5. The number of hydrogen-bond acceptors (Lipinski definition) is 0. The van der Waals surface area contributed by atoms with Crippen LogP contribution in [0.15, 0.2) is 37.5 Å². The highest BCUT2D eigenvalue weighted by Gasteiger charge is 2.20. The van der Waals surface area contributed by atoms with E-state index in [4.69, 9.17) is 0 Å². The van der Waals surface area contributed by atoms with Crippen LogP contribution in [0.3, 0.4) is 0 Å². The van der Waals surface area contributed by atoms with Crippen LogP contribution in [0.25, 0.3) is 0 Å². The highest BCUT2D eigenvalue weighted by molar-refractivity contribution is 4.94. The van der Waals surface area contributed by atoms with Crippen LogP contribution in [0.5, 0.6) is 0 Å². The largest absolute Gasteiger partial charge is 0.103 e. The lowest BCUT2D eigenvalue weighted by Crippen LogP contribution is -2.14. The van der Waals surface area contributed by atoms with E-state index >= 15 is 0 Å². The summed E-state index contributed by atoms with van der Waals surface area (Å²) < 4.78 is 0. The molecular weight excluding hydrogens is 264 g/mol. The van der Waals surface area contributed by atoms with Gasteiger partial charge in [-0.05, 0) is 75.0 Å². The van der Waals surface area contributed by atoms with E-state index in [0.29, 0.717) is 0 Å². The molecule has 0 aromatic carbocycles. The van der Waals surface area contributed by atoms with Gasteiger partial charge in [-0.1, -0.05) is 50.0 Å². The van der Waals surface area contributed by atoms with Gasteiger partial charge < -0.3 is 0 Å². The Morgan fingerprint density at radius 2 is 1.23 bits per heavy atom. The molecule has 0 unspecified atom stereocenters. The monoisotopic (exact) mass is 300 g/mol. The van der Waals surface area contributed by atoms with Crippen molar-refractivity contribution in [2.75, 3.05) is 0 Å². The van der Waals surface area contributed by atoms with Gasteiger partial charge in [-0.15, -0.1) is 13.2 Å². The molecule has 0 heterocycles. The summed E-state index contributed by atoms with van der Waals surface area (Å²) in [6.45, 7) is 7.78. The van der Waals surface area contributed by atoms with E-state index in [1.54, 1.807) is 0 Å². The van der Waals surface area contributed by atoms with Crippen LogP contribution in [0, 0.1) is 23.7 Å². The van der Waals surface area contributed by atoms with Crippen molar-refractivity contribution in [2.24, 2.45) is 23.7 Å². The minimum Gasteiger partial charge on any atom is -0.103 e. The van der Waals surface area contributed by atoms with Gasteiger partial charge in [0.1, 0.15) is 0 Å². The van der Waals surface area contributed by atoms with Crippen LogP contribution in [0.4, 0.5) is 0 Å². The van der Waals surface area contributed by atoms with Gasteiger partial charge in [0.25, 0.3) is 0 Å². The molecule has 2 fully saturated rings. The Bertz CT molecular complexity index is 335. The predicted octanol–water partition coefficient (Wildman–Crippen LogP) is 7.09. The van der Waals surface area contributed by atoms with E-state index < -0.39 is 0 Å². The van der Waals surface area contributed by atoms with E-state index in [1.165, 1.54) is 77.0 Å². The van der Waals surface area contributed by atoms with Crippen molar-refractivity contribution in [3.05, 3.63) is 37.5 Å². The van der Waals surface area contributed by atoms with Crippen LogP contribution in [-0.4, -0.2) is 0 Å². The molecule has 0 heteroatoms. The Hall–Kier alpha value is -0.780. The molecular formula is C22H36. The van der Waals surface area contributed by atoms with Crippen LogP contribution in [-0.2, 0) is 0 Å². The van der Waals surface area contributed by atoms with E-state index in [-0.39, 0.29) is 0 Å². The molecule has 2 rings (SSSR count). The Balaban J connectivity index is 1.55. The fraction of sp³-hybridized carbons (Fsp3) is 0.727. The van der Waals surface area contributed by atoms with Gasteiger partial charge in [0.15, 0.2) is 0 Å². The quantitative estimate of drug-likeness (QED) is 0.420. The first-order valence-corrected chi connectivity index (χ1v) is 9.72. The Labute approximate surface area is 138 Å². The van der Waals surface area contributed by atoms with Crippen molar-refractivity contribution in [3.63, 3.8) is 0 Å². The minimum absolute atomic E-state index is 0.793. The summed E-state index contributed by atoms with van der Waals surface area (Å²) in [6, 6.07) is 0. The van der Waals surface area contributed by atoms with Crippen molar-refractivity contribution in [3.8, 4) is 0 Å². The van der Waals surface area contributed by atoms with Crippen molar-refractivity contribution in [1.82, 2.24) is 0 Å². The average molecular weight is 301 g/mol. The van der Waals surface area contributed by atoms with Gasteiger partial charge in [0.2, 0.25) is 0 Å². The number of allylic oxidation sites excluding steroid dienone is 4. The normalized spacial score (nSPS) is 32.9. The smallest absolute Gasteiger partial charge is 0.0233 e. The summed E-state index contributed by atoms with van der Waals surface area (Å²) in [5.41, 5.74) is 0. The molecule has 124 valence electrons. The summed E-state index contributed by atoms with van der Waals surface area (Å²) in [4.78, 5) is 0. The molecule has 0 atom stereocenters. The van der Waals surface area contributed by atoms with Crippen LogP contribution >= 0.6 is 0 Å². The van der Waals surface area contributed by atoms with Gasteiger partial charge in [-0.3, -0.25) is 0 Å². The highest BCUT2D eigenvalue weighted by Crippen LogP contribution is 2.34. The fourth-order valence-electron chi connectivity index (χ4n) is 4.36. The zero-order valence-electron chi connectivity index (χ0n) is 14.5. The molecule has 22 heavy (non-hydrogen) atoms. The lowest BCUT2D eigenvalue weighted by Gasteiger charge is -2.28. The SMILES string of the molecule is C=CCC[C@H]1CC[C@H](CC/C=C/[C@H]2CC[C@H](C=C)CC2)CC1. The lowest BCUT2D eigenvalue weighted by molar-refractivity contribution is 0.255. The minimum atomic E-state index is 0.793. The Kier molecular flexibility index (Phi) is 8.05. The van der Waals surface area contributed by atoms with Gasteiger partial charge in [0.05, 0.1) is 0 Å². The van der Waals surface area contributed by atoms with Gasteiger partial charge in [-0.25, -0.2) is 0 Å². The third-order valence-electron chi connectivity index (χ3n) is 6.05. The summed E-state index contributed by atoms with van der Waals surface area (Å²) in [5, 5.41) is 0. The number of hydrogen-bond donors (Lipinski definition) is 0. The van der Waals surface area contributed by atoms with Crippen molar-refractivity contribution >= 4 is 0 Å². The lowest BCUT2D eigenvalue weighted by atomic mass is 9.78. The molecule has 0 aliphatic heterocycles. The summed E-state index contributed by atoms with van der Waals surface area (Å²) in [5.74, 6) is 3.64. The van der Waals surface area contributed by atoms with E-state index in [0.717, 1.165) is 23.7 Å². The molecule has 0 N–H and O–H groups in total. The first-order valence-electron chi connectivity index (χ1n) is 9.72. The molecule has 0 amide bonds. The standard InChI is InChI=1S/C22H36/c1-3-5-8-20-15-17-22(18-16-20)10-7-6-9-21-13-11-19(4-2)12-14-21/h3-4,6,9,19-22H,1-2,5,7-8,10-18H2/b9-6+/t19-,20-,21-,22-. The van der Waals surface area contributed by atoms with Crippen molar-refractivity contribution < 1.29 is 0 Å². The fourth-order valence-corrected chi connectivity index (χ4v) is 4.36. The molecule has 2 saturated carbocycles. The summed E-state index contributed by atoms with van der Waals surface area (Å²) >= 11 is 0. The number of rotatable bonds is 8. The molecule has 2 aliphatic carbocycles. The molecule has 2 aliphatic rings. The van der Waals surface area contributed by atoms with Crippen LogP contribution in [0.2, 0.25) is 0 Å². The van der Waals surface area contributed by atoms with Crippen molar-refractivity contribution in [1.29, 1.82) is 0 Å². The van der Waals surface area contributed by atoms with Gasteiger partial charge in [-0.2, -0.15) is 0 Å². The second-order valence-corrected chi connectivity index (χ2v) is 7.67. The van der Waals surface area contributed by atoms with Crippen molar-refractivity contribution in [2.45, 2.75) is 77.0 Å². The summed E-state index contributed by atoms with van der Waals surface area (Å²) in [7, 11) is 0. The predicted molar refractivity (Wildman–Crippen MR) is 98.9 cm³/mol. The maximum absolute atomic E-state index is 3.94. The molecule has 0 spiro atoms. The van der Waals surface area contributed by atoms with E-state index in [1.807, 2.05) is 0 Å². The molecule has 0 aromatic heterocycles. The third-order valence-corrected chi connectivity index (χ3v) is 6.05. The maximum Gasteiger partial charge on any atom is -0.0233 e.